The molecule has 0 bridgehead atoms. The van der Waals surface area contributed by atoms with Gasteiger partial charge >= 0.3 is 0 Å². The van der Waals surface area contributed by atoms with Crippen LogP contribution in [0.4, 0.5) is 0 Å². The maximum absolute atomic E-state index is 7.32. The average Bonchev–Trinajstić information content (AvgIpc) is 2.51. The van der Waals surface area contributed by atoms with E-state index in [1.54, 1.807) is 23.1 Å². The Balaban J connectivity index is 2.54. The predicted molar refractivity (Wildman–Crippen MR) is 56.2 cm³/mol. The second-order valence-electron chi connectivity index (χ2n) is 2.40. The van der Waals surface area contributed by atoms with Crippen LogP contribution in [0.3, 0.4) is 0 Å². The molecule has 0 aliphatic carbocycles. The number of rotatable bonds is 4. The Morgan fingerprint density at radius 2 is 2.58 bits per heavy atom. The van der Waals surface area contributed by atoms with Crippen LogP contribution in [-0.2, 0) is 0 Å². The van der Waals surface area contributed by atoms with E-state index in [9.17, 15) is 0 Å². The van der Waals surface area contributed by atoms with E-state index in [0.29, 0.717) is 0 Å². The lowest BCUT2D eigenvalue weighted by Crippen LogP contribution is -2.23. The summed E-state index contributed by atoms with van der Waals surface area (Å²) in [6.07, 6.45) is 0.915. The van der Waals surface area contributed by atoms with E-state index in [-0.39, 0.29) is 11.1 Å². The fraction of sp³-hybridized carbons (Fsp3) is 0.375. The summed E-state index contributed by atoms with van der Waals surface area (Å²) in [4.78, 5) is 0. The summed E-state index contributed by atoms with van der Waals surface area (Å²) in [7, 11) is 0. The Bertz CT molecular complexity index is 244. The molecular formula is C8H12N2S2. The molecule has 12 heavy (non-hydrogen) atoms. The minimum atomic E-state index is 0.142. The Morgan fingerprint density at radius 1 is 1.83 bits per heavy atom. The predicted octanol–water partition coefficient (Wildman–Crippen LogP) is 2.55. The average molecular weight is 200 g/mol. The molecule has 66 valence electrons. The van der Waals surface area contributed by atoms with Crippen molar-refractivity contribution in [2.45, 2.75) is 22.8 Å². The fourth-order valence-corrected chi connectivity index (χ4v) is 2.75. The monoisotopic (exact) mass is 200 g/mol. The van der Waals surface area contributed by atoms with Gasteiger partial charge in [0.25, 0.3) is 0 Å². The first-order valence-electron chi connectivity index (χ1n) is 3.78. The summed E-state index contributed by atoms with van der Waals surface area (Å²) in [6, 6.07) is 4.07. The third-order valence-electron chi connectivity index (χ3n) is 1.47. The molecule has 0 radical (unpaired) electrons. The zero-order valence-corrected chi connectivity index (χ0v) is 8.54. The van der Waals surface area contributed by atoms with Gasteiger partial charge in [-0.1, -0.05) is 13.0 Å². The smallest absolute Gasteiger partial charge is 0.104 e. The number of amidine groups is 1. The van der Waals surface area contributed by atoms with E-state index >= 15 is 0 Å². The van der Waals surface area contributed by atoms with Crippen molar-refractivity contribution in [3.8, 4) is 0 Å². The summed E-state index contributed by atoms with van der Waals surface area (Å²) in [5, 5.41) is 9.49. The molecule has 1 aromatic rings. The maximum Gasteiger partial charge on any atom is 0.104 e. The molecular weight excluding hydrogens is 188 g/mol. The standard InChI is InChI=1S/C8H12N2S2/c1-2-6(8(9)10)12-7-4-3-5-11-7/h3-6H,2H2,1H3,(H3,9,10). The summed E-state index contributed by atoms with van der Waals surface area (Å²) in [5.74, 6) is 0.274. The van der Waals surface area contributed by atoms with E-state index < -0.39 is 0 Å². The maximum atomic E-state index is 7.32. The second-order valence-corrected chi connectivity index (χ2v) is 4.85. The van der Waals surface area contributed by atoms with Crippen LogP contribution in [-0.4, -0.2) is 11.1 Å². The third kappa shape index (κ3) is 2.53. The summed E-state index contributed by atoms with van der Waals surface area (Å²) < 4.78 is 1.23. The van der Waals surface area contributed by atoms with Crippen molar-refractivity contribution in [3.05, 3.63) is 17.5 Å². The Kier molecular flexibility index (Phi) is 3.62. The zero-order chi connectivity index (χ0) is 8.97. The lowest BCUT2D eigenvalue weighted by Gasteiger charge is -2.10. The molecule has 0 saturated heterocycles. The van der Waals surface area contributed by atoms with Gasteiger partial charge in [0.2, 0.25) is 0 Å². The molecule has 1 heterocycles. The van der Waals surface area contributed by atoms with Gasteiger partial charge in [0, 0.05) is 0 Å². The summed E-state index contributed by atoms with van der Waals surface area (Å²) in [6.45, 7) is 2.05. The van der Waals surface area contributed by atoms with Gasteiger partial charge < -0.3 is 5.73 Å². The number of nitrogens with two attached hydrogens (primary N) is 1. The van der Waals surface area contributed by atoms with Crippen molar-refractivity contribution in [3.63, 3.8) is 0 Å². The van der Waals surface area contributed by atoms with Crippen LogP contribution in [0.15, 0.2) is 21.7 Å². The van der Waals surface area contributed by atoms with Gasteiger partial charge in [0.1, 0.15) is 5.84 Å². The van der Waals surface area contributed by atoms with E-state index in [1.165, 1.54) is 4.21 Å². The van der Waals surface area contributed by atoms with E-state index in [2.05, 4.69) is 6.07 Å². The van der Waals surface area contributed by atoms with Gasteiger partial charge in [0.05, 0.1) is 9.46 Å². The highest BCUT2D eigenvalue weighted by Gasteiger charge is 2.11. The first-order chi connectivity index (χ1) is 5.74. The van der Waals surface area contributed by atoms with Gasteiger partial charge in [-0.25, -0.2) is 0 Å². The van der Waals surface area contributed by atoms with Gasteiger partial charge in [-0.05, 0) is 17.9 Å². The minimum Gasteiger partial charge on any atom is -0.387 e. The van der Waals surface area contributed by atoms with Gasteiger partial charge in [-0.15, -0.1) is 23.1 Å². The van der Waals surface area contributed by atoms with Crippen molar-refractivity contribution < 1.29 is 0 Å². The molecule has 3 N–H and O–H groups in total. The molecule has 4 heteroatoms. The van der Waals surface area contributed by atoms with Crippen molar-refractivity contribution in [1.29, 1.82) is 5.41 Å². The fourth-order valence-electron chi connectivity index (χ4n) is 0.837. The second kappa shape index (κ2) is 4.52. The van der Waals surface area contributed by atoms with Crippen LogP contribution >= 0.6 is 23.1 Å². The quantitative estimate of drug-likeness (QED) is 0.446. The van der Waals surface area contributed by atoms with Crippen molar-refractivity contribution in [2.75, 3.05) is 0 Å². The number of thiophene rings is 1. The third-order valence-corrected chi connectivity index (χ3v) is 3.95. The number of hydrogen-bond donors (Lipinski definition) is 2. The number of hydrogen-bond acceptors (Lipinski definition) is 3. The Labute approximate surface area is 80.7 Å². The first kappa shape index (κ1) is 9.61. The largest absolute Gasteiger partial charge is 0.387 e. The molecule has 0 aliphatic heterocycles. The SMILES string of the molecule is CCC(Sc1cccs1)C(=N)N. The zero-order valence-electron chi connectivity index (χ0n) is 6.91. The Morgan fingerprint density at radius 3 is 3.00 bits per heavy atom. The summed E-state index contributed by atoms with van der Waals surface area (Å²) >= 11 is 3.37. The Hall–Kier alpha value is -0.480. The first-order valence-corrected chi connectivity index (χ1v) is 5.54. The van der Waals surface area contributed by atoms with Crippen LogP contribution in [0.5, 0.6) is 0 Å². The normalized spacial score (nSPS) is 12.8. The molecule has 0 aliphatic rings. The van der Waals surface area contributed by atoms with E-state index in [4.69, 9.17) is 11.1 Å². The highest BCUT2D eigenvalue weighted by Crippen LogP contribution is 2.28. The topological polar surface area (TPSA) is 49.9 Å². The van der Waals surface area contributed by atoms with Crippen LogP contribution in [0.25, 0.3) is 0 Å². The molecule has 1 aromatic heterocycles. The molecule has 0 amide bonds. The lowest BCUT2D eigenvalue weighted by atomic mass is 10.3. The van der Waals surface area contributed by atoms with Crippen LogP contribution in [0.1, 0.15) is 13.3 Å². The van der Waals surface area contributed by atoms with Crippen molar-refractivity contribution in [1.82, 2.24) is 0 Å². The number of nitrogens with one attached hydrogen (secondary N) is 1. The molecule has 0 fully saturated rings. The lowest BCUT2D eigenvalue weighted by molar-refractivity contribution is 0.993. The van der Waals surface area contributed by atoms with E-state index in [1.807, 2.05) is 18.4 Å². The van der Waals surface area contributed by atoms with Crippen LogP contribution in [0.2, 0.25) is 0 Å². The van der Waals surface area contributed by atoms with Gasteiger partial charge in [-0.3, -0.25) is 5.41 Å². The van der Waals surface area contributed by atoms with Crippen molar-refractivity contribution in [2.24, 2.45) is 5.73 Å². The molecule has 1 rings (SSSR count). The molecule has 2 nitrogen and oxygen atoms in total. The van der Waals surface area contributed by atoms with E-state index in [0.717, 1.165) is 6.42 Å². The molecule has 0 spiro atoms. The van der Waals surface area contributed by atoms with Gasteiger partial charge in [0.15, 0.2) is 0 Å². The number of thioether (sulfide) groups is 1. The van der Waals surface area contributed by atoms with Crippen LogP contribution in [0, 0.1) is 5.41 Å². The van der Waals surface area contributed by atoms with Crippen LogP contribution < -0.4 is 5.73 Å². The molecule has 0 aromatic carbocycles. The molecule has 0 saturated carbocycles. The highest BCUT2D eigenvalue weighted by atomic mass is 32.2. The molecule has 1 atom stereocenters. The minimum absolute atomic E-state index is 0.142. The van der Waals surface area contributed by atoms with Gasteiger partial charge in [-0.2, -0.15) is 0 Å². The van der Waals surface area contributed by atoms with Crippen molar-refractivity contribution >= 4 is 28.9 Å². The summed E-state index contributed by atoms with van der Waals surface area (Å²) in [5.41, 5.74) is 5.43. The molecule has 1 unspecified atom stereocenters. The highest BCUT2D eigenvalue weighted by molar-refractivity contribution is 8.02.